The molecule has 1 aliphatic heterocycles. The van der Waals surface area contributed by atoms with E-state index in [4.69, 9.17) is 0 Å². The summed E-state index contributed by atoms with van der Waals surface area (Å²) in [5.74, 6) is 0.738. The van der Waals surface area contributed by atoms with Crippen LogP contribution in [0, 0.1) is 5.92 Å². The van der Waals surface area contributed by atoms with Gasteiger partial charge in [-0.3, -0.25) is 4.90 Å². The highest BCUT2D eigenvalue weighted by Gasteiger charge is 2.30. The molecule has 1 heterocycles. The van der Waals surface area contributed by atoms with Crippen molar-refractivity contribution in [3.05, 3.63) is 34.3 Å². The molecule has 2 rings (SSSR count). The van der Waals surface area contributed by atoms with E-state index in [0.29, 0.717) is 18.1 Å². The molecule has 1 aromatic rings. The van der Waals surface area contributed by atoms with Crippen molar-refractivity contribution >= 4 is 15.9 Å². The first-order valence-corrected chi connectivity index (χ1v) is 8.56. The average molecular weight is 339 g/mol. The number of halogens is 1. The molecule has 0 amide bonds. The molecular weight excluding hydrogens is 312 g/mol. The summed E-state index contributed by atoms with van der Waals surface area (Å²) >= 11 is 3.52. The Balaban J connectivity index is 2.10. The second-order valence-corrected chi connectivity index (χ2v) is 7.09. The maximum absolute atomic E-state index is 3.72. The fourth-order valence-corrected chi connectivity index (χ4v) is 3.31. The van der Waals surface area contributed by atoms with Gasteiger partial charge in [-0.15, -0.1) is 0 Å². The number of benzene rings is 1. The molecule has 0 spiro atoms. The molecular formula is C17H27BrN2. The Kier molecular flexibility index (Phi) is 5.65. The third kappa shape index (κ3) is 3.63. The van der Waals surface area contributed by atoms with Crippen LogP contribution in [0.2, 0.25) is 0 Å². The van der Waals surface area contributed by atoms with Gasteiger partial charge in [-0.1, -0.05) is 48.3 Å². The average Bonchev–Trinajstić information content (AvgIpc) is 2.47. The molecule has 0 radical (unpaired) electrons. The van der Waals surface area contributed by atoms with Crippen molar-refractivity contribution in [3.63, 3.8) is 0 Å². The van der Waals surface area contributed by atoms with E-state index in [1.54, 1.807) is 0 Å². The van der Waals surface area contributed by atoms with Gasteiger partial charge in [0.05, 0.1) is 0 Å². The topological polar surface area (TPSA) is 15.3 Å². The maximum Gasteiger partial charge on any atom is 0.0323 e. The Morgan fingerprint density at radius 3 is 2.55 bits per heavy atom. The molecule has 4 atom stereocenters. The minimum Gasteiger partial charge on any atom is -0.311 e. The normalized spacial score (nSPS) is 27.2. The van der Waals surface area contributed by atoms with Gasteiger partial charge in [0, 0.05) is 35.7 Å². The van der Waals surface area contributed by atoms with E-state index in [9.17, 15) is 0 Å². The Morgan fingerprint density at radius 1 is 1.30 bits per heavy atom. The van der Waals surface area contributed by atoms with Crippen LogP contribution in [0.1, 0.15) is 45.7 Å². The summed E-state index contributed by atoms with van der Waals surface area (Å²) in [6, 6.07) is 10.5. The maximum atomic E-state index is 3.72. The number of piperazine rings is 1. The molecule has 1 fully saturated rings. The lowest BCUT2D eigenvalue weighted by Crippen LogP contribution is -2.57. The van der Waals surface area contributed by atoms with Gasteiger partial charge in [0.15, 0.2) is 0 Å². The quantitative estimate of drug-likeness (QED) is 0.884. The largest absolute Gasteiger partial charge is 0.311 e. The van der Waals surface area contributed by atoms with Gasteiger partial charge < -0.3 is 5.32 Å². The van der Waals surface area contributed by atoms with E-state index in [0.717, 1.165) is 23.5 Å². The molecule has 1 N–H and O–H groups in total. The monoisotopic (exact) mass is 338 g/mol. The third-order valence-corrected chi connectivity index (χ3v) is 5.36. The Bertz CT molecular complexity index is 418. The van der Waals surface area contributed by atoms with Crippen LogP contribution in [0.3, 0.4) is 0 Å². The minimum absolute atomic E-state index is 0.478. The van der Waals surface area contributed by atoms with E-state index in [1.165, 1.54) is 12.0 Å². The van der Waals surface area contributed by atoms with E-state index < -0.39 is 0 Å². The molecule has 4 unspecified atom stereocenters. The van der Waals surface area contributed by atoms with Gasteiger partial charge in [0.25, 0.3) is 0 Å². The highest BCUT2D eigenvalue weighted by molar-refractivity contribution is 9.10. The molecule has 0 bridgehead atoms. The predicted molar refractivity (Wildman–Crippen MR) is 90.0 cm³/mol. The zero-order valence-electron chi connectivity index (χ0n) is 13.1. The van der Waals surface area contributed by atoms with Crippen LogP contribution in [0.5, 0.6) is 0 Å². The van der Waals surface area contributed by atoms with Gasteiger partial charge in [-0.25, -0.2) is 0 Å². The molecule has 2 nitrogen and oxygen atoms in total. The predicted octanol–water partition coefficient (Wildman–Crippen LogP) is 4.22. The first kappa shape index (κ1) is 16.0. The second kappa shape index (κ2) is 7.06. The van der Waals surface area contributed by atoms with Crippen molar-refractivity contribution in [1.29, 1.82) is 0 Å². The summed E-state index contributed by atoms with van der Waals surface area (Å²) in [6.45, 7) is 11.5. The molecule has 0 saturated carbocycles. The van der Waals surface area contributed by atoms with Crippen LogP contribution in [0.25, 0.3) is 0 Å². The first-order chi connectivity index (χ1) is 9.52. The van der Waals surface area contributed by atoms with Gasteiger partial charge in [-0.05, 0) is 37.5 Å². The fourth-order valence-electron chi connectivity index (χ4n) is 3.05. The molecule has 0 aromatic heterocycles. The molecule has 0 aliphatic carbocycles. The van der Waals surface area contributed by atoms with Crippen molar-refractivity contribution in [2.45, 2.75) is 52.2 Å². The Morgan fingerprint density at radius 2 is 1.95 bits per heavy atom. The van der Waals surface area contributed by atoms with E-state index >= 15 is 0 Å². The Labute approximate surface area is 132 Å². The van der Waals surface area contributed by atoms with Gasteiger partial charge in [0.2, 0.25) is 0 Å². The fraction of sp³-hybridized carbons (Fsp3) is 0.647. The smallest absolute Gasteiger partial charge is 0.0323 e. The van der Waals surface area contributed by atoms with Crippen molar-refractivity contribution in [1.82, 2.24) is 10.2 Å². The SMILES string of the molecule is CCC(C)C1CN(C(C)c2ccc(Br)cc2)C(C)CN1. The summed E-state index contributed by atoms with van der Waals surface area (Å²) in [4.78, 5) is 2.65. The van der Waals surface area contributed by atoms with Crippen molar-refractivity contribution < 1.29 is 0 Å². The van der Waals surface area contributed by atoms with Crippen molar-refractivity contribution in [3.8, 4) is 0 Å². The van der Waals surface area contributed by atoms with Gasteiger partial charge >= 0.3 is 0 Å². The zero-order valence-corrected chi connectivity index (χ0v) is 14.7. The third-order valence-electron chi connectivity index (χ3n) is 4.83. The lowest BCUT2D eigenvalue weighted by molar-refractivity contribution is 0.0819. The van der Waals surface area contributed by atoms with E-state index in [-0.39, 0.29) is 0 Å². The van der Waals surface area contributed by atoms with E-state index in [1.807, 2.05) is 0 Å². The van der Waals surface area contributed by atoms with Crippen LogP contribution in [-0.4, -0.2) is 30.1 Å². The second-order valence-electron chi connectivity index (χ2n) is 6.17. The molecule has 112 valence electrons. The summed E-state index contributed by atoms with van der Waals surface area (Å²) in [5.41, 5.74) is 1.41. The zero-order chi connectivity index (χ0) is 14.7. The van der Waals surface area contributed by atoms with Crippen LogP contribution in [-0.2, 0) is 0 Å². The van der Waals surface area contributed by atoms with Crippen molar-refractivity contribution in [2.75, 3.05) is 13.1 Å². The molecule has 1 saturated heterocycles. The summed E-state index contributed by atoms with van der Waals surface area (Å²) in [5, 5.41) is 3.72. The Hall–Kier alpha value is -0.380. The lowest BCUT2D eigenvalue weighted by Gasteiger charge is -2.44. The first-order valence-electron chi connectivity index (χ1n) is 7.77. The number of hydrogen-bond donors (Lipinski definition) is 1. The van der Waals surface area contributed by atoms with Gasteiger partial charge in [-0.2, -0.15) is 0 Å². The van der Waals surface area contributed by atoms with Crippen LogP contribution >= 0.6 is 15.9 Å². The highest BCUT2D eigenvalue weighted by Crippen LogP contribution is 2.27. The summed E-state index contributed by atoms with van der Waals surface area (Å²) < 4.78 is 1.15. The van der Waals surface area contributed by atoms with Crippen LogP contribution < -0.4 is 5.32 Å². The summed E-state index contributed by atoms with van der Waals surface area (Å²) in [6.07, 6.45) is 1.24. The molecule has 20 heavy (non-hydrogen) atoms. The van der Waals surface area contributed by atoms with Crippen LogP contribution in [0.4, 0.5) is 0 Å². The lowest BCUT2D eigenvalue weighted by atomic mass is 9.94. The summed E-state index contributed by atoms with van der Waals surface area (Å²) in [7, 11) is 0. The number of nitrogens with zero attached hydrogens (tertiary/aromatic N) is 1. The molecule has 1 aromatic carbocycles. The number of nitrogens with one attached hydrogen (secondary N) is 1. The van der Waals surface area contributed by atoms with Crippen molar-refractivity contribution in [2.24, 2.45) is 5.92 Å². The van der Waals surface area contributed by atoms with Gasteiger partial charge in [0.1, 0.15) is 0 Å². The minimum atomic E-state index is 0.478. The standard InChI is InChI=1S/C17H27BrN2/c1-5-12(2)17-11-20(13(3)10-19-17)14(4)15-6-8-16(18)9-7-15/h6-9,12-14,17,19H,5,10-11H2,1-4H3. The number of hydrogen-bond acceptors (Lipinski definition) is 2. The number of rotatable bonds is 4. The molecule has 3 heteroatoms. The van der Waals surface area contributed by atoms with E-state index in [2.05, 4.69) is 78.1 Å². The van der Waals surface area contributed by atoms with Crippen LogP contribution in [0.15, 0.2) is 28.7 Å². The highest BCUT2D eigenvalue weighted by atomic mass is 79.9. The molecule has 1 aliphatic rings.